The molecule has 0 radical (unpaired) electrons. The lowest BCUT2D eigenvalue weighted by Gasteiger charge is -2.24. The van der Waals surface area contributed by atoms with E-state index in [-0.39, 0.29) is 36.3 Å². The Bertz CT molecular complexity index is 300. The summed E-state index contributed by atoms with van der Waals surface area (Å²) in [5.74, 6) is -0.908. The minimum absolute atomic E-state index is 0.0815. The fraction of sp³-hybridized carbons (Fsp3) is 0.727. The zero-order valence-electron chi connectivity index (χ0n) is 10.8. The minimum atomic E-state index is -0.385. The molecule has 0 unspecified atom stereocenters. The molecule has 0 aromatic rings. The van der Waals surface area contributed by atoms with Crippen LogP contribution in [0.15, 0.2) is 0 Å². The van der Waals surface area contributed by atoms with E-state index in [1.165, 1.54) is 6.92 Å². The summed E-state index contributed by atoms with van der Waals surface area (Å²) in [6.45, 7) is 6.91. The van der Waals surface area contributed by atoms with Crippen LogP contribution in [0.3, 0.4) is 0 Å². The third kappa shape index (κ3) is 8.24. The van der Waals surface area contributed by atoms with Crippen LogP contribution in [0.5, 0.6) is 0 Å². The Balaban J connectivity index is 3.84. The molecule has 0 saturated carbocycles. The summed E-state index contributed by atoms with van der Waals surface area (Å²) >= 11 is 0. The van der Waals surface area contributed by atoms with Crippen LogP contribution in [0.2, 0.25) is 0 Å². The van der Waals surface area contributed by atoms with Crippen molar-refractivity contribution in [3.63, 3.8) is 0 Å². The number of rotatable bonds is 6. The van der Waals surface area contributed by atoms with Gasteiger partial charge in [-0.25, -0.2) is 0 Å². The molecule has 6 nitrogen and oxygen atoms in total. The average molecular weight is 243 g/mol. The molecule has 3 amide bonds. The first kappa shape index (κ1) is 15.4. The molecule has 0 aromatic carbocycles. The van der Waals surface area contributed by atoms with Crippen LogP contribution in [0.4, 0.5) is 0 Å². The third-order valence-corrected chi connectivity index (χ3v) is 2.31. The van der Waals surface area contributed by atoms with Gasteiger partial charge in [-0.15, -0.1) is 0 Å². The van der Waals surface area contributed by atoms with E-state index in [4.69, 9.17) is 0 Å². The highest BCUT2D eigenvalue weighted by molar-refractivity contribution is 5.87. The molecule has 0 saturated heterocycles. The van der Waals surface area contributed by atoms with Crippen LogP contribution in [0.25, 0.3) is 0 Å². The van der Waals surface area contributed by atoms with E-state index < -0.39 is 0 Å². The number of amides is 3. The van der Waals surface area contributed by atoms with Crippen LogP contribution in [0.1, 0.15) is 34.1 Å². The van der Waals surface area contributed by atoms with E-state index >= 15 is 0 Å². The van der Waals surface area contributed by atoms with Crippen LogP contribution in [-0.4, -0.2) is 36.3 Å². The predicted octanol–water partition coefficient (Wildman–Crippen LogP) is -0.456. The maximum absolute atomic E-state index is 11.4. The van der Waals surface area contributed by atoms with Gasteiger partial charge in [-0.3, -0.25) is 14.4 Å². The van der Waals surface area contributed by atoms with Gasteiger partial charge in [0.1, 0.15) is 0 Å². The van der Waals surface area contributed by atoms with Crippen molar-refractivity contribution in [2.24, 2.45) is 0 Å². The monoisotopic (exact) mass is 243 g/mol. The van der Waals surface area contributed by atoms with E-state index in [1.54, 1.807) is 0 Å². The quantitative estimate of drug-likeness (QED) is 0.590. The molecular weight excluding hydrogens is 222 g/mol. The Morgan fingerprint density at radius 2 is 1.53 bits per heavy atom. The Morgan fingerprint density at radius 1 is 1.00 bits per heavy atom. The van der Waals surface area contributed by atoms with Gasteiger partial charge in [0.2, 0.25) is 17.7 Å². The summed E-state index contributed by atoms with van der Waals surface area (Å²) in [5, 5.41) is 7.55. The van der Waals surface area contributed by atoms with Gasteiger partial charge in [-0.2, -0.15) is 0 Å². The Kier molecular flexibility index (Phi) is 6.23. The molecular formula is C11H21N3O3. The number of carbonyl (C=O) groups excluding carboxylic acids is 3. The van der Waals surface area contributed by atoms with Crippen molar-refractivity contribution in [3.8, 4) is 0 Å². The molecule has 0 aliphatic carbocycles. The fourth-order valence-electron chi connectivity index (χ4n) is 0.956. The van der Waals surface area contributed by atoms with Gasteiger partial charge in [-0.1, -0.05) is 6.92 Å². The summed E-state index contributed by atoms with van der Waals surface area (Å²) in [6, 6.07) is 0. The summed E-state index contributed by atoms with van der Waals surface area (Å²) in [4.78, 5) is 33.2. The van der Waals surface area contributed by atoms with Gasteiger partial charge in [0.15, 0.2) is 0 Å². The number of hydrogen-bond donors (Lipinski definition) is 3. The van der Waals surface area contributed by atoms with Crippen molar-refractivity contribution < 1.29 is 14.4 Å². The van der Waals surface area contributed by atoms with Gasteiger partial charge in [0, 0.05) is 12.5 Å². The molecule has 0 aliphatic heterocycles. The Morgan fingerprint density at radius 3 is 2.00 bits per heavy atom. The highest BCUT2D eigenvalue weighted by Gasteiger charge is 2.17. The topological polar surface area (TPSA) is 87.3 Å². The number of carbonyl (C=O) groups is 3. The second-order valence-corrected chi connectivity index (χ2v) is 4.47. The second-order valence-electron chi connectivity index (χ2n) is 4.47. The highest BCUT2D eigenvalue weighted by Crippen LogP contribution is 2.05. The second kappa shape index (κ2) is 6.88. The molecule has 0 bridgehead atoms. The first-order chi connectivity index (χ1) is 7.76. The van der Waals surface area contributed by atoms with Crippen LogP contribution >= 0.6 is 0 Å². The van der Waals surface area contributed by atoms with Crippen LogP contribution in [0, 0.1) is 0 Å². The Labute approximate surface area is 102 Å². The summed E-state index contributed by atoms with van der Waals surface area (Å²) in [6.07, 6.45) is 0.804. The zero-order chi connectivity index (χ0) is 13.5. The van der Waals surface area contributed by atoms with Crippen molar-refractivity contribution in [2.75, 3.05) is 13.1 Å². The van der Waals surface area contributed by atoms with Gasteiger partial charge in [0.05, 0.1) is 13.1 Å². The summed E-state index contributed by atoms with van der Waals surface area (Å²) in [5.41, 5.74) is -0.278. The normalized spacial score (nSPS) is 10.6. The lowest BCUT2D eigenvalue weighted by molar-refractivity contribution is -0.127. The van der Waals surface area contributed by atoms with Crippen molar-refractivity contribution in [1.29, 1.82) is 0 Å². The molecule has 0 spiro atoms. The molecule has 3 N–H and O–H groups in total. The lowest BCUT2D eigenvalue weighted by atomic mass is 10.0. The molecule has 0 aromatic heterocycles. The van der Waals surface area contributed by atoms with Crippen molar-refractivity contribution in [2.45, 2.75) is 39.7 Å². The molecule has 0 aliphatic rings. The number of nitrogens with one attached hydrogen (secondary N) is 3. The molecule has 0 atom stereocenters. The van der Waals surface area contributed by atoms with Gasteiger partial charge in [0.25, 0.3) is 0 Å². The van der Waals surface area contributed by atoms with E-state index in [0.29, 0.717) is 0 Å². The molecule has 17 heavy (non-hydrogen) atoms. The smallest absolute Gasteiger partial charge is 0.239 e. The molecule has 0 fully saturated rings. The first-order valence-corrected chi connectivity index (χ1v) is 5.59. The van der Waals surface area contributed by atoms with Gasteiger partial charge in [-0.05, 0) is 20.3 Å². The average Bonchev–Trinajstić information content (AvgIpc) is 2.23. The van der Waals surface area contributed by atoms with Crippen LogP contribution < -0.4 is 16.0 Å². The summed E-state index contributed by atoms with van der Waals surface area (Å²) < 4.78 is 0. The molecule has 0 heterocycles. The number of hydrogen-bond acceptors (Lipinski definition) is 3. The maximum Gasteiger partial charge on any atom is 0.239 e. The van der Waals surface area contributed by atoms with E-state index in [0.717, 1.165) is 6.42 Å². The molecule has 0 rings (SSSR count). The molecule has 6 heteroatoms. The third-order valence-electron chi connectivity index (χ3n) is 2.31. The first-order valence-electron chi connectivity index (χ1n) is 5.59. The van der Waals surface area contributed by atoms with Gasteiger partial charge < -0.3 is 16.0 Å². The van der Waals surface area contributed by atoms with Crippen LogP contribution in [-0.2, 0) is 14.4 Å². The zero-order valence-corrected chi connectivity index (χ0v) is 10.8. The van der Waals surface area contributed by atoms with Gasteiger partial charge >= 0.3 is 0 Å². The largest absolute Gasteiger partial charge is 0.350 e. The SMILES string of the molecule is CCC(C)(C)NC(=O)CNC(=O)CNC(C)=O. The lowest BCUT2D eigenvalue weighted by Crippen LogP contribution is -2.48. The van der Waals surface area contributed by atoms with Crippen molar-refractivity contribution >= 4 is 17.7 Å². The van der Waals surface area contributed by atoms with E-state index in [2.05, 4.69) is 16.0 Å². The minimum Gasteiger partial charge on any atom is -0.350 e. The van der Waals surface area contributed by atoms with E-state index in [1.807, 2.05) is 20.8 Å². The molecule has 98 valence electrons. The fourth-order valence-corrected chi connectivity index (χ4v) is 0.956. The van der Waals surface area contributed by atoms with Crippen molar-refractivity contribution in [1.82, 2.24) is 16.0 Å². The summed E-state index contributed by atoms with van der Waals surface area (Å²) in [7, 11) is 0. The standard InChI is InChI=1S/C11H21N3O3/c1-5-11(3,4)14-10(17)7-13-9(16)6-12-8(2)15/h5-7H2,1-4H3,(H,12,15)(H,13,16)(H,14,17). The maximum atomic E-state index is 11.4. The van der Waals surface area contributed by atoms with Crippen molar-refractivity contribution in [3.05, 3.63) is 0 Å². The Hall–Kier alpha value is -1.59. The van der Waals surface area contributed by atoms with E-state index in [9.17, 15) is 14.4 Å². The predicted molar refractivity (Wildman–Crippen MR) is 64.2 cm³/mol. The highest BCUT2D eigenvalue weighted by atomic mass is 16.2.